The first-order chi connectivity index (χ1) is 7.08. The predicted octanol–water partition coefficient (Wildman–Crippen LogP) is 2.84. The van der Waals surface area contributed by atoms with Crippen LogP contribution in [0.1, 0.15) is 0 Å². The minimum absolute atomic E-state index is 0.127. The number of alkyl halides is 2. The van der Waals surface area contributed by atoms with Crippen molar-refractivity contribution in [2.75, 3.05) is 0 Å². The molecule has 0 amide bonds. The van der Waals surface area contributed by atoms with Gasteiger partial charge in [0.05, 0.1) is 11.0 Å². The standard InChI is InChI=1S/C9H8F2N2OS/c1-13-7-4-5(14-8(10)11)2-3-6(7)12-9(13)15/h2-4,8H,1H3,(H,12,15). The first-order valence-corrected chi connectivity index (χ1v) is 4.62. The molecule has 0 aliphatic rings. The molecule has 1 N–H and O–H groups in total. The number of nitrogens with one attached hydrogen (secondary N) is 1. The second kappa shape index (κ2) is 3.62. The molecule has 2 aromatic rings. The zero-order valence-corrected chi connectivity index (χ0v) is 8.65. The zero-order chi connectivity index (χ0) is 11.0. The highest BCUT2D eigenvalue weighted by Gasteiger charge is 2.07. The van der Waals surface area contributed by atoms with E-state index in [0.29, 0.717) is 4.77 Å². The minimum Gasteiger partial charge on any atom is -0.435 e. The Morgan fingerprint density at radius 1 is 1.47 bits per heavy atom. The normalized spacial score (nSPS) is 11.2. The molecule has 3 nitrogen and oxygen atoms in total. The van der Waals surface area contributed by atoms with Crippen molar-refractivity contribution < 1.29 is 13.5 Å². The summed E-state index contributed by atoms with van der Waals surface area (Å²) < 4.78 is 30.5. The third kappa shape index (κ3) is 1.85. The van der Waals surface area contributed by atoms with E-state index in [1.165, 1.54) is 12.1 Å². The van der Waals surface area contributed by atoms with Crippen LogP contribution in [0, 0.1) is 4.77 Å². The Morgan fingerprint density at radius 3 is 2.87 bits per heavy atom. The molecule has 0 aliphatic carbocycles. The van der Waals surface area contributed by atoms with E-state index in [-0.39, 0.29) is 5.75 Å². The van der Waals surface area contributed by atoms with Gasteiger partial charge in [-0.3, -0.25) is 0 Å². The Hall–Kier alpha value is -1.43. The highest BCUT2D eigenvalue weighted by molar-refractivity contribution is 7.71. The predicted molar refractivity (Wildman–Crippen MR) is 54.7 cm³/mol. The number of halogens is 2. The average molecular weight is 230 g/mol. The SMILES string of the molecule is Cn1c(=S)[nH]c2ccc(OC(F)F)cc21. The van der Waals surface area contributed by atoms with E-state index in [1.807, 2.05) is 0 Å². The van der Waals surface area contributed by atoms with Gasteiger partial charge in [-0.1, -0.05) is 0 Å². The number of imidazole rings is 1. The molecule has 0 saturated heterocycles. The number of benzene rings is 1. The number of fused-ring (bicyclic) bond motifs is 1. The van der Waals surface area contributed by atoms with Crippen molar-refractivity contribution >= 4 is 23.3 Å². The highest BCUT2D eigenvalue weighted by Crippen LogP contribution is 2.21. The van der Waals surface area contributed by atoms with Crippen LogP contribution in [0.15, 0.2) is 18.2 Å². The van der Waals surface area contributed by atoms with Gasteiger partial charge < -0.3 is 14.3 Å². The van der Waals surface area contributed by atoms with Crippen molar-refractivity contribution in [3.63, 3.8) is 0 Å². The summed E-state index contributed by atoms with van der Waals surface area (Å²) in [6.07, 6.45) is 0. The summed E-state index contributed by atoms with van der Waals surface area (Å²) >= 11 is 5.00. The van der Waals surface area contributed by atoms with Crippen LogP contribution >= 0.6 is 12.2 Å². The number of rotatable bonds is 2. The van der Waals surface area contributed by atoms with Gasteiger partial charge in [-0.25, -0.2) is 0 Å². The average Bonchev–Trinajstić information content (AvgIpc) is 2.43. The molecule has 6 heteroatoms. The number of aromatic amines is 1. The number of ether oxygens (including phenoxy) is 1. The van der Waals surface area contributed by atoms with E-state index >= 15 is 0 Å². The topological polar surface area (TPSA) is 29.9 Å². The molecule has 1 aromatic heterocycles. The Morgan fingerprint density at radius 2 is 2.20 bits per heavy atom. The van der Waals surface area contributed by atoms with Crippen LogP contribution in [0.3, 0.4) is 0 Å². The van der Waals surface area contributed by atoms with Gasteiger partial charge in [0.1, 0.15) is 5.75 Å². The zero-order valence-electron chi connectivity index (χ0n) is 7.83. The number of aryl methyl sites for hydroxylation is 1. The van der Waals surface area contributed by atoms with Gasteiger partial charge in [-0.05, 0) is 24.4 Å². The van der Waals surface area contributed by atoms with Crippen LogP contribution in [0.4, 0.5) is 8.78 Å². The van der Waals surface area contributed by atoms with E-state index in [0.717, 1.165) is 11.0 Å². The van der Waals surface area contributed by atoms with Gasteiger partial charge in [0.2, 0.25) is 0 Å². The van der Waals surface area contributed by atoms with E-state index in [9.17, 15) is 8.78 Å². The third-order valence-electron chi connectivity index (χ3n) is 2.10. The molecular formula is C9H8F2N2OS. The van der Waals surface area contributed by atoms with Crippen LogP contribution in [-0.4, -0.2) is 16.2 Å². The molecule has 1 heterocycles. The van der Waals surface area contributed by atoms with Crippen molar-refractivity contribution in [3.8, 4) is 5.75 Å². The molecule has 0 aliphatic heterocycles. The van der Waals surface area contributed by atoms with Crippen LogP contribution < -0.4 is 4.74 Å². The molecule has 15 heavy (non-hydrogen) atoms. The van der Waals surface area contributed by atoms with Crippen LogP contribution in [0.5, 0.6) is 5.75 Å². The highest BCUT2D eigenvalue weighted by atomic mass is 32.1. The van der Waals surface area contributed by atoms with Crippen molar-refractivity contribution in [2.45, 2.75) is 6.61 Å². The Kier molecular flexibility index (Phi) is 2.44. The lowest BCUT2D eigenvalue weighted by Gasteiger charge is -2.04. The molecule has 80 valence electrons. The summed E-state index contributed by atoms with van der Waals surface area (Å²) in [5, 5.41) is 0. The summed E-state index contributed by atoms with van der Waals surface area (Å²) in [4.78, 5) is 2.94. The van der Waals surface area contributed by atoms with Crippen LogP contribution in [0.2, 0.25) is 0 Å². The van der Waals surface area contributed by atoms with Gasteiger partial charge in [0, 0.05) is 13.1 Å². The van der Waals surface area contributed by atoms with Crippen molar-refractivity contribution in [2.24, 2.45) is 7.05 Å². The van der Waals surface area contributed by atoms with E-state index in [2.05, 4.69) is 9.72 Å². The van der Waals surface area contributed by atoms with Gasteiger partial charge in [-0.2, -0.15) is 8.78 Å². The molecule has 1 aromatic carbocycles. The Balaban J connectivity index is 2.54. The molecular weight excluding hydrogens is 222 g/mol. The first-order valence-electron chi connectivity index (χ1n) is 4.21. The van der Waals surface area contributed by atoms with Crippen LogP contribution in [-0.2, 0) is 7.05 Å². The van der Waals surface area contributed by atoms with Gasteiger partial charge in [0.25, 0.3) is 0 Å². The van der Waals surface area contributed by atoms with Gasteiger partial charge in [0.15, 0.2) is 4.77 Å². The fourth-order valence-electron chi connectivity index (χ4n) is 1.38. The maximum Gasteiger partial charge on any atom is 0.387 e. The monoisotopic (exact) mass is 230 g/mol. The maximum atomic E-state index is 12.0. The number of H-pyrrole nitrogens is 1. The van der Waals surface area contributed by atoms with E-state index in [1.54, 1.807) is 17.7 Å². The first kappa shape index (κ1) is 10.1. The largest absolute Gasteiger partial charge is 0.435 e. The quantitative estimate of drug-likeness (QED) is 0.804. The Labute approximate surface area is 89.3 Å². The molecule has 2 rings (SSSR count). The molecule has 0 unspecified atom stereocenters. The van der Waals surface area contributed by atoms with E-state index < -0.39 is 6.61 Å². The summed E-state index contributed by atoms with van der Waals surface area (Å²) in [6.45, 7) is -2.81. The fourth-order valence-corrected chi connectivity index (χ4v) is 1.59. The second-order valence-electron chi connectivity index (χ2n) is 3.05. The second-order valence-corrected chi connectivity index (χ2v) is 3.43. The summed E-state index contributed by atoms with van der Waals surface area (Å²) in [7, 11) is 1.76. The summed E-state index contributed by atoms with van der Waals surface area (Å²) in [6, 6.07) is 4.65. The van der Waals surface area contributed by atoms with Gasteiger partial charge in [-0.15, -0.1) is 0 Å². The summed E-state index contributed by atoms with van der Waals surface area (Å²) in [5.74, 6) is 0.127. The molecule has 0 radical (unpaired) electrons. The Bertz CT molecular complexity index is 547. The third-order valence-corrected chi connectivity index (χ3v) is 2.48. The van der Waals surface area contributed by atoms with Crippen LogP contribution in [0.25, 0.3) is 11.0 Å². The van der Waals surface area contributed by atoms with Crippen molar-refractivity contribution in [1.29, 1.82) is 0 Å². The lowest BCUT2D eigenvalue weighted by Crippen LogP contribution is -2.01. The number of aromatic nitrogens is 2. The summed E-state index contributed by atoms with van der Waals surface area (Å²) in [5.41, 5.74) is 1.53. The van der Waals surface area contributed by atoms with E-state index in [4.69, 9.17) is 12.2 Å². The minimum atomic E-state index is -2.81. The smallest absolute Gasteiger partial charge is 0.387 e. The molecule has 0 saturated carbocycles. The molecule has 0 spiro atoms. The number of hydrogen-bond acceptors (Lipinski definition) is 2. The molecule has 0 bridgehead atoms. The van der Waals surface area contributed by atoms with Crippen molar-refractivity contribution in [3.05, 3.63) is 23.0 Å². The number of nitrogens with zero attached hydrogens (tertiary/aromatic N) is 1. The lowest BCUT2D eigenvalue weighted by molar-refractivity contribution is -0.0497. The number of hydrogen-bond donors (Lipinski definition) is 1. The van der Waals surface area contributed by atoms with Crippen molar-refractivity contribution in [1.82, 2.24) is 9.55 Å². The maximum absolute atomic E-state index is 12.0. The van der Waals surface area contributed by atoms with Gasteiger partial charge >= 0.3 is 6.61 Å². The lowest BCUT2D eigenvalue weighted by atomic mass is 10.3. The molecule has 0 fully saturated rings. The fraction of sp³-hybridized carbons (Fsp3) is 0.222. The molecule has 0 atom stereocenters.